The summed E-state index contributed by atoms with van der Waals surface area (Å²) in [5.74, 6) is 0.729. The Morgan fingerprint density at radius 2 is 2.00 bits per heavy atom. The highest BCUT2D eigenvalue weighted by Crippen LogP contribution is 2.35. The number of halogens is 1. The van der Waals surface area contributed by atoms with Crippen LogP contribution >= 0.6 is 0 Å². The van der Waals surface area contributed by atoms with Crippen LogP contribution in [0.3, 0.4) is 0 Å². The van der Waals surface area contributed by atoms with Gasteiger partial charge in [-0.1, -0.05) is 36.4 Å². The molecule has 2 aromatic carbocycles. The molecule has 1 nitrogen and oxygen atoms in total. The van der Waals surface area contributed by atoms with Crippen LogP contribution in [0.25, 0.3) is 10.8 Å². The van der Waals surface area contributed by atoms with Crippen LogP contribution in [-0.4, -0.2) is 6.36 Å². The van der Waals surface area contributed by atoms with Crippen molar-refractivity contribution in [3.05, 3.63) is 42.0 Å². The minimum atomic E-state index is -1.15. The van der Waals surface area contributed by atoms with Crippen molar-refractivity contribution in [2.45, 2.75) is 19.2 Å². The lowest BCUT2D eigenvalue weighted by molar-refractivity contribution is 0.0494. The van der Waals surface area contributed by atoms with E-state index in [9.17, 15) is 4.39 Å². The van der Waals surface area contributed by atoms with Gasteiger partial charge < -0.3 is 4.74 Å². The third-order valence-electron chi connectivity index (χ3n) is 2.85. The Labute approximate surface area is 87.5 Å². The van der Waals surface area contributed by atoms with Crippen LogP contribution in [0.4, 0.5) is 4.39 Å². The fourth-order valence-corrected chi connectivity index (χ4v) is 2.08. The van der Waals surface area contributed by atoms with Crippen LogP contribution in [-0.2, 0) is 6.42 Å². The summed E-state index contributed by atoms with van der Waals surface area (Å²) in [5.41, 5.74) is 1.11. The van der Waals surface area contributed by atoms with E-state index in [0.717, 1.165) is 28.5 Å². The summed E-state index contributed by atoms with van der Waals surface area (Å²) in [6.07, 6.45) is 0.0791. The van der Waals surface area contributed by atoms with E-state index >= 15 is 0 Å². The van der Waals surface area contributed by atoms with Gasteiger partial charge in [0, 0.05) is 11.8 Å². The van der Waals surface area contributed by atoms with Crippen molar-refractivity contribution in [2.24, 2.45) is 0 Å². The van der Waals surface area contributed by atoms with Crippen LogP contribution in [0.1, 0.15) is 12.0 Å². The zero-order chi connectivity index (χ0) is 10.3. The predicted molar refractivity (Wildman–Crippen MR) is 57.8 cm³/mol. The highest BCUT2D eigenvalue weighted by Gasteiger charge is 2.20. The highest BCUT2D eigenvalue weighted by molar-refractivity contribution is 5.89. The SMILES string of the molecule is FC1CCc2ccc3ccccc3c2O1. The minimum Gasteiger partial charge on any atom is -0.459 e. The molecule has 1 unspecified atom stereocenters. The third-order valence-corrected chi connectivity index (χ3v) is 2.85. The van der Waals surface area contributed by atoms with E-state index in [4.69, 9.17) is 4.74 Å². The molecular formula is C13H11FO. The molecule has 0 aliphatic carbocycles. The van der Waals surface area contributed by atoms with E-state index in [0.29, 0.717) is 6.42 Å². The van der Waals surface area contributed by atoms with Crippen LogP contribution in [0.2, 0.25) is 0 Å². The third kappa shape index (κ3) is 1.37. The molecule has 0 amide bonds. The molecule has 0 N–H and O–H groups in total. The molecule has 1 aliphatic rings. The standard InChI is InChI=1S/C13H11FO/c14-12-8-7-10-6-5-9-3-1-2-4-11(9)13(10)15-12/h1-6,12H,7-8H2. The van der Waals surface area contributed by atoms with Gasteiger partial charge in [0.1, 0.15) is 5.75 Å². The summed E-state index contributed by atoms with van der Waals surface area (Å²) < 4.78 is 18.4. The van der Waals surface area contributed by atoms with E-state index in [1.54, 1.807) is 0 Å². The molecule has 0 aromatic heterocycles. The van der Waals surface area contributed by atoms with E-state index in [1.165, 1.54) is 0 Å². The first kappa shape index (κ1) is 8.72. The Balaban J connectivity index is 2.28. The fourth-order valence-electron chi connectivity index (χ4n) is 2.08. The van der Waals surface area contributed by atoms with E-state index < -0.39 is 6.36 Å². The van der Waals surface area contributed by atoms with Gasteiger partial charge in [-0.3, -0.25) is 0 Å². The average Bonchev–Trinajstić information content (AvgIpc) is 2.29. The number of hydrogen-bond donors (Lipinski definition) is 0. The highest BCUT2D eigenvalue weighted by atomic mass is 19.1. The van der Waals surface area contributed by atoms with Gasteiger partial charge in [0.15, 0.2) is 0 Å². The molecule has 0 spiro atoms. The largest absolute Gasteiger partial charge is 0.459 e. The van der Waals surface area contributed by atoms with Gasteiger partial charge in [-0.05, 0) is 17.4 Å². The number of ether oxygens (including phenoxy) is 1. The maximum Gasteiger partial charge on any atom is 0.238 e. The van der Waals surface area contributed by atoms with Gasteiger partial charge in [0.2, 0.25) is 6.36 Å². The first-order chi connectivity index (χ1) is 7.34. The summed E-state index contributed by atoms with van der Waals surface area (Å²) in [7, 11) is 0. The molecule has 1 heterocycles. The minimum absolute atomic E-state index is 0.464. The smallest absolute Gasteiger partial charge is 0.238 e. The summed E-state index contributed by atoms with van der Waals surface area (Å²) >= 11 is 0. The first-order valence-corrected chi connectivity index (χ1v) is 5.16. The quantitative estimate of drug-likeness (QED) is 0.635. The van der Waals surface area contributed by atoms with E-state index in [1.807, 2.05) is 30.3 Å². The Morgan fingerprint density at radius 1 is 1.13 bits per heavy atom. The average molecular weight is 202 g/mol. The molecule has 0 fully saturated rings. The molecule has 3 rings (SSSR count). The lowest BCUT2D eigenvalue weighted by Crippen LogP contribution is -2.17. The summed E-state index contributed by atoms with van der Waals surface area (Å²) in [4.78, 5) is 0. The lowest BCUT2D eigenvalue weighted by atomic mass is 10.0. The molecule has 76 valence electrons. The zero-order valence-corrected chi connectivity index (χ0v) is 8.24. The van der Waals surface area contributed by atoms with Crippen LogP contribution in [0, 0.1) is 0 Å². The van der Waals surface area contributed by atoms with Gasteiger partial charge in [-0.15, -0.1) is 0 Å². The van der Waals surface area contributed by atoms with Crippen molar-refractivity contribution in [3.63, 3.8) is 0 Å². The first-order valence-electron chi connectivity index (χ1n) is 5.16. The molecule has 2 aromatic rings. The molecule has 2 heteroatoms. The molecule has 1 aliphatic heterocycles. The van der Waals surface area contributed by atoms with Gasteiger partial charge in [0.05, 0.1) is 0 Å². The molecule has 0 radical (unpaired) electrons. The molecule has 1 atom stereocenters. The second kappa shape index (κ2) is 3.23. The number of aryl methyl sites for hydroxylation is 1. The maximum atomic E-state index is 13.2. The molecule has 0 bridgehead atoms. The lowest BCUT2D eigenvalue weighted by Gasteiger charge is -2.22. The number of benzene rings is 2. The number of fused-ring (bicyclic) bond motifs is 3. The van der Waals surface area contributed by atoms with E-state index in [2.05, 4.69) is 6.07 Å². The Bertz CT molecular complexity index is 507. The number of hydrogen-bond acceptors (Lipinski definition) is 1. The Hall–Kier alpha value is -1.57. The second-order valence-corrected chi connectivity index (χ2v) is 3.84. The van der Waals surface area contributed by atoms with Crippen molar-refractivity contribution in [1.29, 1.82) is 0 Å². The van der Waals surface area contributed by atoms with Crippen LogP contribution < -0.4 is 4.74 Å². The van der Waals surface area contributed by atoms with Crippen molar-refractivity contribution in [2.75, 3.05) is 0 Å². The number of rotatable bonds is 0. The summed E-state index contributed by atoms with van der Waals surface area (Å²) in [6.45, 7) is 0. The molecule has 15 heavy (non-hydrogen) atoms. The maximum absolute atomic E-state index is 13.2. The normalized spacial score (nSPS) is 19.7. The van der Waals surface area contributed by atoms with Gasteiger partial charge in [0.25, 0.3) is 0 Å². The topological polar surface area (TPSA) is 9.23 Å². The second-order valence-electron chi connectivity index (χ2n) is 3.84. The monoisotopic (exact) mass is 202 g/mol. The predicted octanol–water partition coefficient (Wildman–Crippen LogP) is 3.46. The molecule has 0 saturated carbocycles. The zero-order valence-electron chi connectivity index (χ0n) is 8.24. The Morgan fingerprint density at radius 3 is 2.93 bits per heavy atom. The fraction of sp³-hybridized carbons (Fsp3) is 0.231. The van der Waals surface area contributed by atoms with Crippen LogP contribution in [0.5, 0.6) is 5.75 Å². The Kier molecular flexibility index (Phi) is 1.88. The van der Waals surface area contributed by atoms with Crippen molar-refractivity contribution >= 4 is 10.8 Å². The van der Waals surface area contributed by atoms with Crippen LogP contribution in [0.15, 0.2) is 36.4 Å². The van der Waals surface area contributed by atoms with Crippen molar-refractivity contribution in [1.82, 2.24) is 0 Å². The van der Waals surface area contributed by atoms with Crippen molar-refractivity contribution < 1.29 is 9.13 Å². The summed E-state index contributed by atoms with van der Waals surface area (Å²) in [5, 5.41) is 2.11. The molecular weight excluding hydrogens is 191 g/mol. The van der Waals surface area contributed by atoms with Gasteiger partial charge >= 0.3 is 0 Å². The summed E-state index contributed by atoms with van der Waals surface area (Å²) in [6, 6.07) is 12.0. The number of alkyl halides is 1. The van der Waals surface area contributed by atoms with E-state index in [-0.39, 0.29) is 0 Å². The van der Waals surface area contributed by atoms with Gasteiger partial charge in [-0.2, -0.15) is 0 Å². The molecule has 0 saturated heterocycles. The van der Waals surface area contributed by atoms with Gasteiger partial charge in [-0.25, -0.2) is 4.39 Å². The van der Waals surface area contributed by atoms with Crippen molar-refractivity contribution in [3.8, 4) is 5.75 Å².